The molecule has 0 heterocycles. The summed E-state index contributed by atoms with van der Waals surface area (Å²) in [7, 11) is 0. The van der Waals surface area contributed by atoms with Gasteiger partial charge in [0.15, 0.2) is 0 Å². The largest absolute Gasteiger partial charge is 0.392 e. The Labute approximate surface area is 84.1 Å². The standard InChI is InChI=1S/C10H16O2S/c1-9(2)6-3-7(11)10(9,5-13)8(12)4-6/h6-7,11,13H,3-5H2,1-2H3/t6-,7+,10+/m1/s1. The summed E-state index contributed by atoms with van der Waals surface area (Å²) in [6, 6.07) is 0. The molecule has 0 aromatic rings. The molecule has 2 nitrogen and oxygen atoms in total. The van der Waals surface area contributed by atoms with Gasteiger partial charge >= 0.3 is 0 Å². The summed E-state index contributed by atoms with van der Waals surface area (Å²) in [5.74, 6) is 1.06. The van der Waals surface area contributed by atoms with Gasteiger partial charge in [-0.05, 0) is 17.8 Å². The van der Waals surface area contributed by atoms with Crippen LogP contribution in [0.5, 0.6) is 0 Å². The van der Waals surface area contributed by atoms with Gasteiger partial charge in [0.05, 0.1) is 11.5 Å². The molecule has 3 heteroatoms. The summed E-state index contributed by atoms with van der Waals surface area (Å²) >= 11 is 4.26. The Morgan fingerprint density at radius 2 is 2.23 bits per heavy atom. The number of Topliss-reactive ketones (excluding diaryl/α,β-unsaturated/α-hetero) is 1. The third-order valence-corrected chi connectivity index (χ3v) is 4.92. The molecule has 0 amide bonds. The van der Waals surface area contributed by atoms with Crippen molar-refractivity contribution in [2.45, 2.75) is 32.8 Å². The number of rotatable bonds is 1. The lowest BCUT2D eigenvalue weighted by molar-refractivity contribution is -0.134. The number of thiol groups is 1. The highest BCUT2D eigenvalue weighted by atomic mass is 32.1. The van der Waals surface area contributed by atoms with E-state index in [0.29, 0.717) is 18.1 Å². The molecule has 2 saturated carbocycles. The number of aliphatic hydroxyl groups excluding tert-OH is 1. The van der Waals surface area contributed by atoms with Gasteiger partial charge in [0.1, 0.15) is 5.78 Å². The zero-order valence-corrected chi connectivity index (χ0v) is 8.97. The second-order valence-corrected chi connectivity index (χ2v) is 5.24. The molecule has 2 aliphatic rings. The van der Waals surface area contributed by atoms with E-state index in [1.807, 2.05) is 0 Å². The fourth-order valence-electron chi connectivity index (χ4n) is 3.25. The van der Waals surface area contributed by atoms with Gasteiger partial charge < -0.3 is 5.11 Å². The van der Waals surface area contributed by atoms with Crippen LogP contribution in [0.3, 0.4) is 0 Å². The van der Waals surface area contributed by atoms with Crippen molar-refractivity contribution in [2.24, 2.45) is 16.7 Å². The van der Waals surface area contributed by atoms with Gasteiger partial charge in [-0.3, -0.25) is 4.79 Å². The fraction of sp³-hybridized carbons (Fsp3) is 0.900. The van der Waals surface area contributed by atoms with E-state index in [0.717, 1.165) is 6.42 Å². The van der Waals surface area contributed by atoms with Crippen molar-refractivity contribution in [1.29, 1.82) is 0 Å². The van der Waals surface area contributed by atoms with E-state index < -0.39 is 11.5 Å². The summed E-state index contributed by atoms with van der Waals surface area (Å²) < 4.78 is 0. The van der Waals surface area contributed by atoms with Crippen molar-refractivity contribution < 1.29 is 9.90 Å². The monoisotopic (exact) mass is 200 g/mol. The summed E-state index contributed by atoms with van der Waals surface area (Å²) in [5.41, 5.74) is -0.619. The van der Waals surface area contributed by atoms with Crippen LogP contribution in [0.1, 0.15) is 26.7 Å². The number of aliphatic hydroxyl groups is 1. The van der Waals surface area contributed by atoms with Crippen LogP contribution in [0.4, 0.5) is 0 Å². The third-order valence-electron chi connectivity index (χ3n) is 4.43. The van der Waals surface area contributed by atoms with Gasteiger partial charge in [-0.25, -0.2) is 0 Å². The quantitative estimate of drug-likeness (QED) is 0.626. The molecule has 0 aromatic heterocycles. The minimum Gasteiger partial charge on any atom is -0.392 e. The Balaban J connectivity index is 2.51. The lowest BCUT2D eigenvalue weighted by Gasteiger charge is -2.37. The first-order chi connectivity index (χ1) is 5.96. The molecule has 13 heavy (non-hydrogen) atoms. The van der Waals surface area contributed by atoms with E-state index in [-0.39, 0.29) is 11.2 Å². The Hall–Kier alpha value is -0.0200. The van der Waals surface area contributed by atoms with Crippen LogP contribution in [0.2, 0.25) is 0 Å². The molecule has 0 unspecified atom stereocenters. The first-order valence-corrected chi connectivity index (χ1v) is 5.42. The van der Waals surface area contributed by atoms with E-state index in [4.69, 9.17) is 0 Å². The van der Waals surface area contributed by atoms with E-state index in [1.165, 1.54) is 0 Å². The molecule has 0 spiro atoms. The number of ketones is 1. The Kier molecular flexibility index (Phi) is 1.84. The number of carbonyl (C=O) groups is 1. The first-order valence-electron chi connectivity index (χ1n) is 4.79. The summed E-state index contributed by atoms with van der Waals surface area (Å²) in [4.78, 5) is 11.8. The van der Waals surface area contributed by atoms with Crippen LogP contribution in [0, 0.1) is 16.7 Å². The molecule has 0 aromatic carbocycles. The van der Waals surface area contributed by atoms with Crippen molar-refractivity contribution in [3.05, 3.63) is 0 Å². The predicted molar refractivity (Wildman–Crippen MR) is 53.8 cm³/mol. The van der Waals surface area contributed by atoms with Gasteiger partial charge in [0.25, 0.3) is 0 Å². The molecular weight excluding hydrogens is 184 g/mol. The molecule has 3 atom stereocenters. The van der Waals surface area contributed by atoms with E-state index in [9.17, 15) is 9.90 Å². The van der Waals surface area contributed by atoms with Crippen molar-refractivity contribution in [1.82, 2.24) is 0 Å². The van der Waals surface area contributed by atoms with Crippen LogP contribution in [0.25, 0.3) is 0 Å². The topological polar surface area (TPSA) is 37.3 Å². The van der Waals surface area contributed by atoms with Gasteiger partial charge in [0, 0.05) is 12.2 Å². The van der Waals surface area contributed by atoms with Crippen LogP contribution < -0.4 is 0 Å². The molecule has 2 bridgehead atoms. The maximum Gasteiger partial charge on any atom is 0.143 e. The maximum absolute atomic E-state index is 11.8. The lowest BCUT2D eigenvalue weighted by atomic mass is 9.69. The number of hydrogen-bond donors (Lipinski definition) is 2. The van der Waals surface area contributed by atoms with Crippen molar-refractivity contribution in [2.75, 3.05) is 5.75 Å². The molecule has 0 radical (unpaired) electrons. The first kappa shape index (κ1) is 9.53. The van der Waals surface area contributed by atoms with Gasteiger partial charge in [-0.15, -0.1) is 0 Å². The Bertz CT molecular complexity index is 262. The molecule has 0 saturated heterocycles. The Morgan fingerprint density at radius 3 is 2.54 bits per heavy atom. The second-order valence-electron chi connectivity index (χ2n) is 4.93. The predicted octanol–water partition coefficient (Wildman–Crippen LogP) is 1.28. The van der Waals surface area contributed by atoms with E-state index in [1.54, 1.807) is 0 Å². The third kappa shape index (κ3) is 0.827. The van der Waals surface area contributed by atoms with Crippen molar-refractivity contribution in [3.8, 4) is 0 Å². The van der Waals surface area contributed by atoms with Crippen LogP contribution >= 0.6 is 12.6 Å². The molecule has 74 valence electrons. The molecule has 0 aliphatic heterocycles. The smallest absolute Gasteiger partial charge is 0.143 e. The molecular formula is C10H16O2S. The highest BCUT2D eigenvalue weighted by Gasteiger charge is 2.68. The van der Waals surface area contributed by atoms with Crippen LogP contribution in [-0.2, 0) is 4.79 Å². The molecule has 2 rings (SSSR count). The average Bonchev–Trinajstić information content (AvgIpc) is 2.31. The minimum absolute atomic E-state index is 0.0642. The number of hydrogen-bond acceptors (Lipinski definition) is 3. The van der Waals surface area contributed by atoms with Crippen LogP contribution in [-0.4, -0.2) is 22.7 Å². The zero-order chi connectivity index (χ0) is 9.85. The van der Waals surface area contributed by atoms with Gasteiger partial charge in [0.2, 0.25) is 0 Å². The zero-order valence-electron chi connectivity index (χ0n) is 8.08. The second kappa shape index (κ2) is 2.51. The molecule has 2 aliphatic carbocycles. The number of fused-ring (bicyclic) bond motifs is 2. The normalized spacial score (nSPS) is 47.2. The average molecular weight is 200 g/mol. The lowest BCUT2D eigenvalue weighted by Crippen LogP contribution is -2.46. The summed E-state index contributed by atoms with van der Waals surface area (Å²) in [5, 5.41) is 9.91. The minimum atomic E-state index is -0.555. The molecule has 1 N–H and O–H groups in total. The van der Waals surface area contributed by atoms with E-state index >= 15 is 0 Å². The highest BCUT2D eigenvalue weighted by molar-refractivity contribution is 7.80. The fourth-order valence-corrected chi connectivity index (χ4v) is 4.04. The highest BCUT2D eigenvalue weighted by Crippen LogP contribution is 2.64. The van der Waals surface area contributed by atoms with Crippen molar-refractivity contribution >= 4 is 18.4 Å². The maximum atomic E-state index is 11.8. The molecule has 2 fully saturated rings. The van der Waals surface area contributed by atoms with Gasteiger partial charge in [-0.1, -0.05) is 13.8 Å². The van der Waals surface area contributed by atoms with E-state index in [2.05, 4.69) is 26.5 Å². The Morgan fingerprint density at radius 1 is 1.62 bits per heavy atom. The SMILES string of the molecule is CC1(C)[C@H]2CC(=O)[C@]1(CS)[C@@H](O)C2. The number of carbonyl (C=O) groups excluding carboxylic acids is 1. The van der Waals surface area contributed by atoms with Crippen LogP contribution in [0.15, 0.2) is 0 Å². The summed E-state index contributed by atoms with van der Waals surface area (Å²) in [6.07, 6.45) is 0.954. The van der Waals surface area contributed by atoms with Gasteiger partial charge in [-0.2, -0.15) is 12.6 Å². The summed E-state index contributed by atoms with van der Waals surface area (Å²) in [6.45, 7) is 4.18. The van der Waals surface area contributed by atoms with Crippen molar-refractivity contribution in [3.63, 3.8) is 0 Å².